The first kappa shape index (κ1) is 18.1. The number of nitrogens with one attached hydrogen (secondary N) is 1. The standard InChI is InChI=1S/C18H23NO5/c1-5-24-14-10-18(16(22)23,17(14,3)4)19-15(21)13-8-6-12(7-9-13)11(2)20/h6-9,14H,5,10H2,1-4H3,(H,19,21)(H,22,23)/t14-,18+/m0/s1. The van der Waals surface area contributed by atoms with E-state index in [2.05, 4.69) is 5.32 Å². The van der Waals surface area contributed by atoms with Crippen LogP contribution in [0.2, 0.25) is 0 Å². The lowest BCUT2D eigenvalue weighted by Crippen LogP contribution is -2.76. The van der Waals surface area contributed by atoms with Gasteiger partial charge in [-0.3, -0.25) is 9.59 Å². The highest BCUT2D eigenvalue weighted by molar-refractivity contribution is 6.00. The van der Waals surface area contributed by atoms with Gasteiger partial charge < -0.3 is 15.2 Å². The van der Waals surface area contributed by atoms with Gasteiger partial charge in [0.25, 0.3) is 5.91 Å². The predicted molar refractivity (Wildman–Crippen MR) is 88.1 cm³/mol. The summed E-state index contributed by atoms with van der Waals surface area (Å²) < 4.78 is 5.58. The Morgan fingerprint density at radius 1 is 1.21 bits per heavy atom. The summed E-state index contributed by atoms with van der Waals surface area (Å²) in [5.41, 5.74) is -1.29. The fourth-order valence-corrected chi connectivity index (χ4v) is 3.16. The highest BCUT2D eigenvalue weighted by Crippen LogP contribution is 2.51. The molecule has 0 bridgehead atoms. The quantitative estimate of drug-likeness (QED) is 0.779. The maximum atomic E-state index is 12.5. The molecule has 1 aliphatic rings. The van der Waals surface area contributed by atoms with E-state index in [9.17, 15) is 19.5 Å². The number of rotatable bonds is 6. The van der Waals surface area contributed by atoms with Gasteiger partial charge in [-0.25, -0.2) is 4.79 Å². The summed E-state index contributed by atoms with van der Waals surface area (Å²) in [6, 6.07) is 6.15. The molecule has 0 saturated heterocycles. The number of benzene rings is 1. The van der Waals surface area contributed by atoms with Crippen molar-refractivity contribution in [3.63, 3.8) is 0 Å². The van der Waals surface area contributed by atoms with E-state index in [1.54, 1.807) is 26.0 Å². The Bertz CT molecular complexity index is 664. The molecule has 1 amide bonds. The first-order valence-electron chi connectivity index (χ1n) is 7.94. The summed E-state index contributed by atoms with van der Waals surface area (Å²) in [7, 11) is 0. The second-order valence-electron chi connectivity index (χ2n) is 6.67. The Morgan fingerprint density at radius 3 is 2.17 bits per heavy atom. The van der Waals surface area contributed by atoms with Gasteiger partial charge in [-0.05, 0) is 26.0 Å². The van der Waals surface area contributed by atoms with E-state index in [0.29, 0.717) is 17.7 Å². The number of ketones is 1. The van der Waals surface area contributed by atoms with Crippen LogP contribution in [0.15, 0.2) is 24.3 Å². The van der Waals surface area contributed by atoms with Crippen molar-refractivity contribution < 1.29 is 24.2 Å². The lowest BCUT2D eigenvalue weighted by Gasteiger charge is -2.58. The summed E-state index contributed by atoms with van der Waals surface area (Å²) in [6.07, 6.45) is -0.000497. The molecule has 1 saturated carbocycles. The van der Waals surface area contributed by atoms with Crippen molar-refractivity contribution in [3.8, 4) is 0 Å². The molecule has 130 valence electrons. The molecular weight excluding hydrogens is 310 g/mol. The van der Waals surface area contributed by atoms with E-state index >= 15 is 0 Å². The minimum atomic E-state index is -1.37. The molecule has 2 rings (SSSR count). The maximum absolute atomic E-state index is 12.5. The Hall–Kier alpha value is -2.21. The smallest absolute Gasteiger partial charge is 0.330 e. The number of amides is 1. The molecule has 1 fully saturated rings. The molecule has 1 aromatic rings. The van der Waals surface area contributed by atoms with Crippen LogP contribution in [-0.4, -0.2) is 41.0 Å². The van der Waals surface area contributed by atoms with Gasteiger partial charge in [0.15, 0.2) is 5.78 Å². The van der Waals surface area contributed by atoms with Crippen LogP contribution >= 0.6 is 0 Å². The van der Waals surface area contributed by atoms with E-state index < -0.39 is 22.8 Å². The zero-order valence-electron chi connectivity index (χ0n) is 14.4. The molecule has 0 heterocycles. The third-order valence-corrected chi connectivity index (χ3v) is 5.01. The van der Waals surface area contributed by atoms with Crippen molar-refractivity contribution >= 4 is 17.7 Å². The zero-order valence-corrected chi connectivity index (χ0v) is 14.4. The van der Waals surface area contributed by atoms with Crippen molar-refractivity contribution in [1.29, 1.82) is 0 Å². The van der Waals surface area contributed by atoms with E-state index in [4.69, 9.17) is 4.74 Å². The van der Waals surface area contributed by atoms with Crippen LogP contribution in [0, 0.1) is 5.41 Å². The topological polar surface area (TPSA) is 92.7 Å². The van der Waals surface area contributed by atoms with Crippen LogP contribution < -0.4 is 5.32 Å². The number of carboxylic acid groups (broad SMARTS) is 1. The molecule has 24 heavy (non-hydrogen) atoms. The minimum absolute atomic E-state index is 0.0938. The highest BCUT2D eigenvalue weighted by Gasteiger charge is 2.66. The number of hydrogen-bond donors (Lipinski definition) is 2. The van der Waals surface area contributed by atoms with Crippen molar-refractivity contribution in [1.82, 2.24) is 5.32 Å². The third kappa shape index (κ3) is 2.82. The van der Waals surface area contributed by atoms with Crippen molar-refractivity contribution in [3.05, 3.63) is 35.4 Å². The summed E-state index contributed by atoms with van der Waals surface area (Å²) >= 11 is 0. The average molecular weight is 333 g/mol. The predicted octanol–water partition coefficient (Wildman–Crippen LogP) is 2.28. The normalized spacial score (nSPS) is 24.8. The number of hydrogen-bond acceptors (Lipinski definition) is 4. The second kappa shape index (κ2) is 6.36. The van der Waals surface area contributed by atoms with Crippen molar-refractivity contribution in [2.24, 2.45) is 5.41 Å². The molecule has 0 aromatic heterocycles. The first-order valence-corrected chi connectivity index (χ1v) is 7.94. The molecule has 0 radical (unpaired) electrons. The summed E-state index contributed by atoms with van der Waals surface area (Å²) in [4.78, 5) is 35.6. The van der Waals surface area contributed by atoms with Gasteiger partial charge in [-0.15, -0.1) is 0 Å². The molecule has 0 unspecified atom stereocenters. The number of Topliss-reactive ketones (excluding diaryl/α,β-unsaturated/α-hetero) is 1. The van der Waals surface area contributed by atoms with Crippen LogP contribution in [-0.2, 0) is 9.53 Å². The van der Waals surface area contributed by atoms with Crippen LogP contribution in [0.4, 0.5) is 0 Å². The zero-order chi connectivity index (χ0) is 18.1. The molecule has 0 spiro atoms. The number of carbonyl (C=O) groups is 3. The average Bonchev–Trinajstić information content (AvgIpc) is 2.53. The molecule has 1 aromatic carbocycles. The fraction of sp³-hybridized carbons (Fsp3) is 0.500. The van der Waals surface area contributed by atoms with Crippen LogP contribution in [0.1, 0.15) is 54.8 Å². The van der Waals surface area contributed by atoms with Crippen LogP contribution in [0.25, 0.3) is 0 Å². The van der Waals surface area contributed by atoms with E-state index in [1.807, 2.05) is 6.92 Å². The molecule has 1 aliphatic carbocycles. The van der Waals surface area contributed by atoms with Crippen molar-refractivity contribution in [2.75, 3.05) is 6.61 Å². The Morgan fingerprint density at radius 2 is 1.75 bits per heavy atom. The fourth-order valence-electron chi connectivity index (χ4n) is 3.16. The Kier molecular flexibility index (Phi) is 4.80. The molecule has 0 aliphatic heterocycles. The SMILES string of the molecule is CCO[C@H]1C[C@@](NC(=O)c2ccc(C(C)=O)cc2)(C(=O)O)C1(C)C. The van der Waals surface area contributed by atoms with Gasteiger partial charge in [0.05, 0.1) is 6.10 Å². The molecule has 2 atom stereocenters. The Balaban J connectivity index is 2.21. The second-order valence-corrected chi connectivity index (χ2v) is 6.67. The molecule has 6 nitrogen and oxygen atoms in total. The third-order valence-electron chi connectivity index (χ3n) is 5.01. The van der Waals surface area contributed by atoms with Gasteiger partial charge in [-0.1, -0.05) is 26.0 Å². The van der Waals surface area contributed by atoms with Gasteiger partial charge in [0, 0.05) is 29.6 Å². The Labute approximate surface area is 141 Å². The lowest BCUT2D eigenvalue weighted by atomic mass is 9.54. The van der Waals surface area contributed by atoms with E-state index in [1.165, 1.54) is 19.1 Å². The minimum Gasteiger partial charge on any atom is -0.479 e. The first-order chi connectivity index (χ1) is 11.2. The molecular formula is C18H23NO5. The molecule has 2 N–H and O–H groups in total. The van der Waals surface area contributed by atoms with E-state index in [-0.39, 0.29) is 18.3 Å². The summed E-state index contributed by atoms with van der Waals surface area (Å²) in [6.45, 7) is 7.35. The number of carboxylic acids is 1. The highest BCUT2D eigenvalue weighted by atomic mass is 16.5. The summed E-state index contributed by atoms with van der Waals surface area (Å²) in [5, 5.41) is 12.4. The van der Waals surface area contributed by atoms with Gasteiger partial charge in [0.1, 0.15) is 5.54 Å². The maximum Gasteiger partial charge on any atom is 0.330 e. The number of carbonyl (C=O) groups excluding carboxylic acids is 2. The van der Waals surface area contributed by atoms with Gasteiger partial charge in [-0.2, -0.15) is 0 Å². The number of ether oxygens (including phenoxy) is 1. The summed E-state index contributed by atoms with van der Waals surface area (Å²) in [5.74, 6) is -1.64. The van der Waals surface area contributed by atoms with Crippen LogP contribution in [0.3, 0.4) is 0 Å². The largest absolute Gasteiger partial charge is 0.479 e. The van der Waals surface area contributed by atoms with Gasteiger partial charge >= 0.3 is 5.97 Å². The monoisotopic (exact) mass is 333 g/mol. The van der Waals surface area contributed by atoms with Crippen molar-refractivity contribution in [2.45, 2.75) is 45.8 Å². The molecule has 6 heteroatoms. The van der Waals surface area contributed by atoms with Gasteiger partial charge in [0.2, 0.25) is 0 Å². The lowest BCUT2D eigenvalue weighted by molar-refractivity contribution is -0.190. The van der Waals surface area contributed by atoms with Crippen LogP contribution in [0.5, 0.6) is 0 Å². The number of aliphatic carboxylic acids is 1. The van der Waals surface area contributed by atoms with E-state index in [0.717, 1.165) is 0 Å².